The largest absolute Gasteiger partial charge is 0.467 e. The Bertz CT molecular complexity index is 294. The third-order valence-electron chi connectivity index (χ3n) is 2.17. The average Bonchev–Trinajstić information content (AvgIpc) is 2.73. The lowest BCUT2D eigenvalue weighted by atomic mass is 10.3. The van der Waals surface area contributed by atoms with E-state index in [-0.39, 0.29) is 0 Å². The van der Waals surface area contributed by atoms with Crippen LogP contribution in [0.25, 0.3) is 0 Å². The number of rotatable bonds is 9. The summed E-state index contributed by atoms with van der Waals surface area (Å²) in [6, 6.07) is 2.04. The van der Waals surface area contributed by atoms with Crippen LogP contribution in [0.5, 0.6) is 0 Å². The molecule has 0 aliphatic rings. The summed E-state index contributed by atoms with van der Waals surface area (Å²) in [5, 5.41) is 3.33. The molecule has 1 aromatic heterocycles. The van der Waals surface area contributed by atoms with Crippen molar-refractivity contribution in [2.45, 2.75) is 32.9 Å². The van der Waals surface area contributed by atoms with Gasteiger partial charge in [-0.1, -0.05) is 13.0 Å². The quantitative estimate of drug-likeness (QED) is 0.516. The Kier molecular flexibility index (Phi) is 6.61. The summed E-state index contributed by atoms with van der Waals surface area (Å²) in [5.41, 5.74) is 1.18. The van der Waals surface area contributed by atoms with Gasteiger partial charge in [0.05, 0.1) is 12.9 Å². The summed E-state index contributed by atoms with van der Waals surface area (Å²) in [6.45, 7) is 8.94. The van der Waals surface area contributed by atoms with Gasteiger partial charge in [-0.3, -0.25) is 0 Å². The van der Waals surface area contributed by atoms with Crippen molar-refractivity contribution in [2.75, 3.05) is 13.2 Å². The van der Waals surface area contributed by atoms with Crippen molar-refractivity contribution in [3.63, 3.8) is 0 Å². The molecule has 0 aliphatic heterocycles. The lowest BCUT2D eigenvalue weighted by Crippen LogP contribution is -2.13. The van der Waals surface area contributed by atoms with Gasteiger partial charge in [-0.15, -0.1) is 6.58 Å². The second-order valence-electron chi connectivity index (χ2n) is 3.73. The van der Waals surface area contributed by atoms with Crippen LogP contribution in [-0.2, 0) is 17.9 Å². The number of ether oxygens (including phenoxy) is 1. The van der Waals surface area contributed by atoms with E-state index in [1.807, 2.05) is 12.1 Å². The molecule has 0 fully saturated rings. The summed E-state index contributed by atoms with van der Waals surface area (Å²) in [5.74, 6) is 0.886. The maximum absolute atomic E-state index is 5.41. The van der Waals surface area contributed by atoms with Gasteiger partial charge in [-0.25, -0.2) is 0 Å². The number of hydrogen-bond donors (Lipinski definition) is 1. The minimum absolute atomic E-state index is 0.543. The van der Waals surface area contributed by atoms with Crippen LogP contribution in [0.3, 0.4) is 0 Å². The van der Waals surface area contributed by atoms with E-state index in [0.29, 0.717) is 13.2 Å². The zero-order valence-electron chi connectivity index (χ0n) is 10.00. The molecular weight excluding hydrogens is 202 g/mol. The molecule has 0 aliphatic carbocycles. The van der Waals surface area contributed by atoms with E-state index >= 15 is 0 Å². The Labute approximate surface area is 97.5 Å². The Morgan fingerprint density at radius 3 is 3.19 bits per heavy atom. The fourth-order valence-electron chi connectivity index (χ4n) is 1.34. The van der Waals surface area contributed by atoms with E-state index in [4.69, 9.17) is 9.15 Å². The van der Waals surface area contributed by atoms with Crippen molar-refractivity contribution < 1.29 is 9.15 Å². The molecule has 1 rings (SSSR count). The summed E-state index contributed by atoms with van der Waals surface area (Å²) in [6.07, 6.45) is 5.66. The SMILES string of the molecule is C=CCCOCc1cc(CNCCC)co1. The molecule has 3 nitrogen and oxygen atoms in total. The molecule has 0 amide bonds. The molecule has 0 aromatic carbocycles. The third kappa shape index (κ3) is 5.14. The molecular formula is C13H21NO2. The molecule has 16 heavy (non-hydrogen) atoms. The minimum Gasteiger partial charge on any atom is -0.467 e. The van der Waals surface area contributed by atoms with E-state index in [1.54, 1.807) is 6.26 Å². The van der Waals surface area contributed by atoms with Crippen LogP contribution in [0.15, 0.2) is 29.4 Å². The highest BCUT2D eigenvalue weighted by Gasteiger charge is 2.01. The standard InChI is InChI=1S/C13H21NO2/c1-3-5-7-15-11-13-8-12(10-16-13)9-14-6-4-2/h3,8,10,14H,1,4-7,9,11H2,2H3. The summed E-state index contributed by atoms with van der Waals surface area (Å²) < 4.78 is 10.8. The van der Waals surface area contributed by atoms with Crippen molar-refractivity contribution >= 4 is 0 Å². The molecule has 90 valence electrons. The molecule has 0 saturated heterocycles. The van der Waals surface area contributed by atoms with Gasteiger partial charge in [0.25, 0.3) is 0 Å². The Balaban J connectivity index is 2.20. The third-order valence-corrected chi connectivity index (χ3v) is 2.17. The lowest BCUT2D eigenvalue weighted by Gasteiger charge is -1.99. The van der Waals surface area contributed by atoms with Gasteiger partial charge in [-0.05, 0) is 25.5 Å². The maximum Gasteiger partial charge on any atom is 0.129 e. The van der Waals surface area contributed by atoms with Gasteiger partial charge < -0.3 is 14.5 Å². The topological polar surface area (TPSA) is 34.4 Å². The number of furan rings is 1. The molecule has 0 saturated carbocycles. The van der Waals surface area contributed by atoms with Crippen LogP contribution in [-0.4, -0.2) is 13.2 Å². The van der Waals surface area contributed by atoms with E-state index < -0.39 is 0 Å². The van der Waals surface area contributed by atoms with Crippen molar-refractivity contribution in [1.82, 2.24) is 5.32 Å². The Morgan fingerprint density at radius 1 is 1.56 bits per heavy atom. The highest BCUT2D eigenvalue weighted by Crippen LogP contribution is 2.09. The second-order valence-corrected chi connectivity index (χ2v) is 3.73. The first kappa shape index (κ1) is 13.0. The van der Waals surface area contributed by atoms with Crippen LogP contribution in [0.4, 0.5) is 0 Å². The van der Waals surface area contributed by atoms with Gasteiger partial charge in [0.1, 0.15) is 12.4 Å². The van der Waals surface area contributed by atoms with E-state index in [9.17, 15) is 0 Å². The molecule has 0 bridgehead atoms. The predicted molar refractivity (Wildman–Crippen MR) is 65.2 cm³/mol. The van der Waals surface area contributed by atoms with Gasteiger partial charge in [0.2, 0.25) is 0 Å². The molecule has 3 heteroatoms. The lowest BCUT2D eigenvalue weighted by molar-refractivity contribution is 0.110. The molecule has 0 atom stereocenters. The Hall–Kier alpha value is -1.06. The number of hydrogen-bond acceptors (Lipinski definition) is 3. The molecule has 1 N–H and O–H groups in total. The van der Waals surface area contributed by atoms with Gasteiger partial charge in [0.15, 0.2) is 0 Å². The Morgan fingerprint density at radius 2 is 2.44 bits per heavy atom. The van der Waals surface area contributed by atoms with Crippen LogP contribution in [0, 0.1) is 0 Å². The van der Waals surface area contributed by atoms with E-state index in [1.165, 1.54) is 5.56 Å². The second kappa shape index (κ2) is 8.13. The van der Waals surface area contributed by atoms with Gasteiger partial charge in [-0.2, -0.15) is 0 Å². The summed E-state index contributed by atoms with van der Waals surface area (Å²) in [4.78, 5) is 0. The van der Waals surface area contributed by atoms with Crippen molar-refractivity contribution in [2.24, 2.45) is 0 Å². The zero-order chi connectivity index (χ0) is 11.6. The highest BCUT2D eigenvalue weighted by molar-refractivity contribution is 5.11. The van der Waals surface area contributed by atoms with Gasteiger partial charge in [0, 0.05) is 12.1 Å². The first-order chi connectivity index (χ1) is 7.86. The summed E-state index contributed by atoms with van der Waals surface area (Å²) in [7, 11) is 0. The first-order valence-electron chi connectivity index (χ1n) is 5.82. The van der Waals surface area contributed by atoms with E-state index in [2.05, 4.69) is 18.8 Å². The van der Waals surface area contributed by atoms with Crippen LogP contribution >= 0.6 is 0 Å². The van der Waals surface area contributed by atoms with Crippen molar-refractivity contribution in [3.05, 3.63) is 36.3 Å². The fourth-order valence-corrected chi connectivity index (χ4v) is 1.34. The van der Waals surface area contributed by atoms with Crippen molar-refractivity contribution in [1.29, 1.82) is 0 Å². The van der Waals surface area contributed by atoms with Crippen LogP contribution < -0.4 is 5.32 Å². The fraction of sp³-hybridized carbons (Fsp3) is 0.538. The van der Waals surface area contributed by atoms with Gasteiger partial charge >= 0.3 is 0 Å². The molecule has 0 spiro atoms. The first-order valence-corrected chi connectivity index (χ1v) is 5.82. The van der Waals surface area contributed by atoms with E-state index in [0.717, 1.165) is 31.7 Å². The van der Waals surface area contributed by atoms with Crippen molar-refractivity contribution in [3.8, 4) is 0 Å². The molecule has 0 radical (unpaired) electrons. The normalized spacial score (nSPS) is 10.6. The minimum atomic E-state index is 0.543. The molecule has 1 aromatic rings. The van der Waals surface area contributed by atoms with Crippen LogP contribution in [0.1, 0.15) is 31.1 Å². The maximum atomic E-state index is 5.41. The summed E-state index contributed by atoms with van der Waals surface area (Å²) >= 11 is 0. The number of nitrogens with one attached hydrogen (secondary N) is 1. The monoisotopic (exact) mass is 223 g/mol. The van der Waals surface area contributed by atoms with Crippen LogP contribution in [0.2, 0.25) is 0 Å². The predicted octanol–water partition coefficient (Wildman–Crippen LogP) is 2.87. The molecule has 1 heterocycles. The zero-order valence-corrected chi connectivity index (χ0v) is 10.00. The highest BCUT2D eigenvalue weighted by atomic mass is 16.5. The average molecular weight is 223 g/mol. The molecule has 0 unspecified atom stereocenters. The smallest absolute Gasteiger partial charge is 0.129 e.